The molecule has 0 saturated carbocycles. The van der Waals surface area contributed by atoms with Crippen molar-refractivity contribution in [2.45, 2.75) is 25.9 Å². The van der Waals surface area contributed by atoms with Crippen molar-refractivity contribution in [3.63, 3.8) is 0 Å². The van der Waals surface area contributed by atoms with Crippen LogP contribution in [0.2, 0.25) is 0 Å². The zero-order valence-electron chi connectivity index (χ0n) is 15.2. The SMILES string of the molecule is Cc1ccccc1N1C(=O)CC(N2CCN(Cc3ccc(Br)s3)CC2)C1=O. The van der Waals surface area contributed by atoms with Gasteiger partial charge in [0.15, 0.2) is 0 Å². The molecule has 1 atom stereocenters. The Morgan fingerprint density at radius 3 is 2.48 bits per heavy atom. The van der Waals surface area contributed by atoms with Gasteiger partial charge >= 0.3 is 0 Å². The Morgan fingerprint density at radius 1 is 1.07 bits per heavy atom. The molecule has 0 radical (unpaired) electrons. The molecule has 5 nitrogen and oxygen atoms in total. The van der Waals surface area contributed by atoms with E-state index in [1.54, 1.807) is 11.3 Å². The molecule has 27 heavy (non-hydrogen) atoms. The second-order valence-corrected chi connectivity index (χ2v) is 9.64. The number of carbonyl (C=O) groups excluding carboxylic acids is 2. The van der Waals surface area contributed by atoms with Crippen LogP contribution in [0.25, 0.3) is 0 Å². The monoisotopic (exact) mass is 447 g/mol. The minimum Gasteiger partial charge on any atom is -0.296 e. The standard InChI is InChI=1S/C20H22BrN3O2S/c1-14-4-2-3-5-16(14)24-19(25)12-17(20(24)26)23-10-8-22(9-11-23)13-15-6-7-18(21)27-15/h2-7,17H,8-13H2,1H3. The number of halogens is 1. The van der Waals surface area contributed by atoms with Gasteiger partial charge in [-0.25, -0.2) is 4.90 Å². The van der Waals surface area contributed by atoms with E-state index < -0.39 is 0 Å². The second-order valence-electron chi connectivity index (χ2n) is 7.09. The lowest BCUT2D eigenvalue weighted by molar-refractivity contribution is -0.123. The summed E-state index contributed by atoms with van der Waals surface area (Å²) >= 11 is 5.27. The molecule has 0 N–H and O–H groups in total. The highest BCUT2D eigenvalue weighted by Crippen LogP contribution is 2.29. The van der Waals surface area contributed by atoms with Gasteiger partial charge < -0.3 is 0 Å². The molecule has 2 saturated heterocycles. The number of rotatable bonds is 4. The summed E-state index contributed by atoms with van der Waals surface area (Å²) in [4.78, 5) is 32.9. The number of thiophene rings is 1. The normalized spacial score (nSPS) is 22.0. The molecule has 1 unspecified atom stereocenters. The van der Waals surface area contributed by atoms with Gasteiger partial charge in [-0.3, -0.25) is 19.4 Å². The molecule has 2 fully saturated rings. The average molecular weight is 448 g/mol. The van der Waals surface area contributed by atoms with Gasteiger partial charge in [0, 0.05) is 37.6 Å². The first kappa shape index (κ1) is 18.8. The van der Waals surface area contributed by atoms with Crippen LogP contribution >= 0.6 is 27.3 Å². The van der Waals surface area contributed by atoms with E-state index in [1.807, 2.05) is 31.2 Å². The van der Waals surface area contributed by atoms with Crippen molar-refractivity contribution < 1.29 is 9.59 Å². The van der Waals surface area contributed by atoms with Crippen molar-refractivity contribution >= 4 is 44.8 Å². The molecule has 0 bridgehead atoms. The van der Waals surface area contributed by atoms with Crippen molar-refractivity contribution in [3.8, 4) is 0 Å². The van der Waals surface area contributed by atoms with E-state index in [0.29, 0.717) is 0 Å². The summed E-state index contributed by atoms with van der Waals surface area (Å²) in [7, 11) is 0. The molecule has 2 amide bonds. The smallest absolute Gasteiger partial charge is 0.251 e. The van der Waals surface area contributed by atoms with Gasteiger partial charge in [0.1, 0.15) is 0 Å². The van der Waals surface area contributed by atoms with Gasteiger partial charge in [-0.1, -0.05) is 18.2 Å². The fourth-order valence-corrected chi connectivity index (χ4v) is 5.38. The molecule has 1 aromatic heterocycles. The van der Waals surface area contributed by atoms with Crippen molar-refractivity contribution in [1.82, 2.24) is 9.80 Å². The number of carbonyl (C=O) groups is 2. The quantitative estimate of drug-likeness (QED) is 0.674. The molecule has 3 heterocycles. The van der Waals surface area contributed by atoms with E-state index in [-0.39, 0.29) is 24.3 Å². The van der Waals surface area contributed by atoms with Crippen LogP contribution in [-0.2, 0) is 16.1 Å². The number of hydrogen-bond donors (Lipinski definition) is 0. The third-order valence-electron chi connectivity index (χ3n) is 5.34. The number of benzene rings is 1. The summed E-state index contributed by atoms with van der Waals surface area (Å²) < 4.78 is 1.16. The van der Waals surface area contributed by atoms with E-state index in [2.05, 4.69) is 37.9 Å². The van der Waals surface area contributed by atoms with Gasteiger partial charge in [-0.05, 0) is 46.6 Å². The Morgan fingerprint density at radius 2 is 1.81 bits per heavy atom. The average Bonchev–Trinajstić information content (AvgIpc) is 3.19. The van der Waals surface area contributed by atoms with Crippen LogP contribution in [0, 0.1) is 6.92 Å². The molecule has 0 aliphatic carbocycles. The van der Waals surface area contributed by atoms with Crippen LogP contribution in [0.1, 0.15) is 16.9 Å². The molecule has 0 spiro atoms. The van der Waals surface area contributed by atoms with E-state index in [4.69, 9.17) is 0 Å². The van der Waals surface area contributed by atoms with Gasteiger partial charge in [0.2, 0.25) is 5.91 Å². The second kappa shape index (κ2) is 7.83. The Bertz CT molecular complexity index is 860. The third kappa shape index (κ3) is 3.87. The summed E-state index contributed by atoms with van der Waals surface area (Å²) in [5, 5.41) is 0. The van der Waals surface area contributed by atoms with Gasteiger partial charge in [0.05, 0.1) is 21.9 Å². The van der Waals surface area contributed by atoms with Crippen LogP contribution < -0.4 is 4.90 Å². The zero-order chi connectivity index (χ0) is 19.0. The van der Waals surface area contributed by atoms with Crippen LogP contribution in [0.5, 0.6) is 0 Å². The highest BCUT2D eigenvalue weighted by Gasteiger charge is 2.43. The maximum Gasteiger partial charge on any atom is 0.251 e. The van der Waals surface area contributed by atoms with Crippen LogP contribution in [-0.4, -0.2) is 53.8 Å². The number of hydrogen-bond acceptors (Lipinski definition) is 5. The predicted molar refractivity (Wildman–Crippen MR) is 111 cm³/mol. The predicted octanol–water partition coefficient (Wildman–Crippen LogP) is 3.27. The topological polar surface area (TPSA) is 43.9 Å². The molecule has 1 aromatic carbocycles. The molecule has 2 aliphatic rings. The maximum absolute atomic E-state index is 13.0. The van der Waals surface area contributed by atoms with Gasteiger partial charge in [-0.15, -0.1) is 11.3 Å². The number of anilines is 1. The number of para-hydroxylation sites is 1. The summed E-state index contributed by atoms with van der Waals surface area (Å²) in [5.41, 5.74) is 1.67. The highest BCUT2D eigenvalue weighted by atomic mass is 79.9. The van der Waals surface area contributed by atoms with Crippen molar-refractivity contribution in [2.24, 2.45) is 0 Å². The fourth-order valence-electron chi connectivity index (χ4n) is 3.86. The Kier molecular flexibility index (Phi) is 5.45. The van der Waals surface area contributed by atoms with Crippen molar-refractivity contribution in [2.75, 3.05) is 31.1 Å². The summed E-state index contributed by atoms with van der Waals surface area (Å²) in [6, 6.07) is 11.5. The van der Waals surface area contributed by atoms with E-state index >= 15 is 0 Å². The maximum atomic E-state index is 13.0. The summed E-state index contributed by atoms with van der Waals surface area (Å²) in [6.45, 7) is 6.34. The number of aryl methyl sites for hydroxylation is 1. The lowest BCUT2D eigenvalue weighted by Crippen LogP contribution is -2.52. The van der Waals surface area contributed by atoms with Crippen LogP contribution in [0.4, 0.5) is 5.69 Å². The Balaban J connectivity index is 1.39. The minimum absolute atomic E-state index is 0.0788. The fraction of sp³-hybridized carbons (Fsp3) is 0.400. The molecule has 4 rings (SSSR count). The van der Waals surface area contributed by atoms with Crippen molar-refractivity contribution in [1.29, 1.82) is 0 Å². The first-order valence-corrected chi connectivity index (χ1v) is 10.8. The largest absolute Gasteiger partial charge is 0.296 e. The Labute approximate surface area is 171 Å². The molecule has 2 aromatic rings. The van der Waals surface area contributed by atoms with E-state index in [0.717, 1.165) is 47.8 Å². The lowest BCUT2D eigenvalue weighted by atomic mass is 10.1. The van der Waals surface area contributed by atoms with Crippen LogP contribution in [0.3, 0.4) is 0 Å². The minimum atomic E-state index is -0.324. The Hall–Kier alpha value is -1.54. The summed E-state index contributed by atoms with van der Waals surface area (Å²) in [6.07, 6.45) is 0.283. The number of imide groups is 1. The van der Waals surface area contributed by atoms with Gasteiger partial charge in [0.25, 0.3) is 5.91 Å². The highest BCUT2D eigenvalue weighted by molar-refractivity contribution is 9.11. The van der Waals surface area contributed by atoms with E-state index in [9.17, 15) is 9.59 Å². The number of amides is 2. The first-order valence-electron chi connectivity index (χ1n) is 9.16. The van der Waals surface area contributed by atoms with Crippen molar-refractivity contribution in [3.05, 3.63) is 50.6 Å². The lowest BCUT2D eigenvalue weighted by Gasteiger charge is -2.36. The molecule has 7 heteroatoms. The van der Waals surface area contributed by atoms with Crippen LogP contribution in [0.15, 0.2) is 40.2 Å². The third-order valence-corrected chi connectivity index (χ3v) is 6.94. The van der Waals surface area contributed by atoms with E-state index in [1.165, 1.54) is 9.78 Å². The molecule has 2 aliphatic heterocycles. The van der Waals surface area contributed by atoms with Gasteiger partial charge in [-0.2, -0.15) is 0 Å². The first-order chi connectivity index (χ1) is 13.0. The number of piperazine rings is 1. The summed E-state index contributed by atoms with van der Waals surface area (Å²) in [5.74, 6) is -0.171. The molecular formula is C20H22BrN3O2S. The molecule has 142 valence electrons. The zero-order valence-corrected chi connectivity index (χ0v) is 17.6. The number of nitrogens with zero attached hydrogens (tertiary/aromatic N) is 3. The molecular weight excluding hydrogens is 426 g/mol.